The first-order valence-electron chi connectivity index (χ1n) is 10.8. The molecule has 1 saturated heterocycles. The minimum Gasteiger partial charge on any atom is -0.370 e. The van der Waals surface area contributed by atoms with Crippen molar-refractivity contribution < 1.29 is 14.0 Å². The van der Waals surface area contributed by atoms with E-state index in [2.05, 4.69) is 10.2 Å². The third kappa shape index (κ3) is 4.10. The van der Waals surface area contributed by atoms with E-state index in [0.717, 1.165) is 37.3 Å². The molecule has 166 valence electrons. The first-order valence-corrected chi connectivity index (χ1v) is 10.8. The van der Waals surface area contributed by atoms with E-state index >= 15 is 0 Å². The van der Waals surface area contributed by atoms with E-state index in [9.17, 15) is 14.0 Å². The van der Waals surface area contributed by atoms with Crippen molar-refractivity contribution in [1.29, 1.82) is 0 Å². The maximum absolute atomic E-state index is 14.4. The fraction of sp³-hybridized carbons (Fsp3) is 0.280. The van der Waals surface area contributed by atoms with E-state index in [0.29, 0.717) is 28.2 Å². The summed E-state index contributed by atoms with van der Waals surface area (Å²) in [5, 5.41) is 2.97. The summed E-state index contributed by atoms with van der Waals surface area (Å²) in [5.74, 6) is -1.23. The lowest BCUT2D eigenvalue weighted by Crippen LogP contribution is -2.30. The molecular weight excluding hydrogens is 407 g/mol. The number of rotatable bonds is 5. The molecule has 1 aromatic heterocycles. The van der Waals surface area contributed by atoms with E-state index in [1.165, 1.54) is 12.5 Å². The molecule has 0 unspecified atom stereocenters. The summed E-state index contributed by atoms with van der Waals surface area (Å²) in [4.78, 5) is 27.2. The molecular formula is C25H27FN4O2. The Morgan fingerprint density at radius 1 is 0.969 bits per heavy atom. The zero-order valence-electron chi connectivity index (χ0n) is 18.3. The van der Waals surface area contributed by atoms with Crippen LogP contribution in [0.2, 0.25) is 0 Å². The second-order valence-corrected chi connectivity index (χ2v) is 8.17. The van der Waals surface area contributed by atoms with Gasteiger partial charge in [0, 0.05) is 30.0 Å². The van der Waals surface area contributed by atoms with Crippen LogP contribution in [0, 0.1) is 19.7 Å². The second-order valence-electron chi connectivity index (χ2n) is 8.17. The molecule has 4 rings (SSSR count). The largest absolute Gasteiger partial charge is 0.370 e. The topological polar surface area (TPSA) is 80.4 Å². The zero-order valence-corrected chi connectivity index (χ0v) is 18.3. The van der Waals surface area contributed by atoms with Crippen molar-refractivity contribution in [3.8, 4) is 5.69 Å². The van der Waals surface area contributed by atoms with Gasteiger partial charge >= 0.3 is 0 Å². The maximum atomic E-state index is 14.4. The molecule has 0 atom stereocenters. The molecule has 1 aliphatic heterocycles. The SMILES string of the molecule is Cc1cc(C(=O)Nc2cc(C(N)=O)ccc2N2CCCCC2)c(C)n1-c1ccccc1F. The number of amides is 2. The third-order valence-electron chi connectivity index (χ3n) is 6.00. The number of primary amides is 1. The number of nitrogens with one attached hydrogen (secondary N) is 1. The Bertz CT molecular complexity index is 1180. The second kappa shape index (κ2) is 8.86. The number of nitrogens with zero attached hydrogens (tertiary/aromatic N) is 2. The number of aromatic nitrogens is 1. The van der Waals surface area contributed by atoms with Crippen LogP contribution in [0.25, 0.3) is 5.69 Å². The number of anilines is 2. The maximum Gasteiger partial charge on any atom is 0.257 e. The Labute approximate surface area is 186 Å². The van der Waals surface area contributed by atoms with Gasteiger partial charge in [-0.05, 0) is 69.5 Å². The number of benzene rings is 2. The standard InChI is InChI=1S/C25H27FN4O2/c1-16-14-19(17(2)30(16)22-9-5-4-8-20(22)26)25(32)28-21-15-18(24(27)31)10-11-23(21)29-12-6-3-7-13-29/h4-5,8-11,14-15H,3,6-7,12-13H2,1-2H3,(H2,27,31)(H,28,32). The Morgan fingerprint density at radius 2 is 1.69 bits per heavy atom. The molecule has 3 N–H and O–H groups in total. The lowest BCUT2D eigenvalue weighted by molar-refractivity contribution is 0.0996. The summed E-state index contributed by atoms with van der Waals surface area (Å²) in [6, 6.07) is 13.4. The minimum atomic E-state index is -0.552. The number of halogens is 1. The Balaban J connectivity index is 1.70. The Hall–Kier alpha value is -3.61. The molecule has 1 fully saturated rings. The van der Waals surface area contributed by atoms with Crippen molar-refractivity contribution in [3.63, 3.8) is 0 Å². The van der Waals surface area contributed by atoms with E-state index in [1.54, 1.807) is 47.9 Å². The molecule has 0 saturated carbocycles. The molecule has 2 amide bonds. The smallest absolute Gasteiger partial charge is 0.257 e. The lowest BCUT2D eigenvalue weighted by atomic mass is 10.1. The van der Waals surface area contributed by atoms with E-state index in [-0.39, 0.29) is 11.7 Å². The van der Waals surface area contributed by atoms with Gasteiger partial charge in [0.05, 0.1) is 22.6 Å². The molecule has 0 radical (unpaired) electrons. The Kier molecular flexibility index (Phi) is 5.99. The van der Waals surface area contributed by atoms with Gasteiger partial charge in [0.15, 0.2) is 0 Å². The van der Waals surface area contributed by atoms with Crippen LogP contribution in [-0.2, 0) is 0 Å². The number of carbonyl (C=O) groups is 2. The van der Waals surface area contributed by atoms with Crippen LogP contribution in [0.15, 0.2) is 48.5 Å². The molecule has 32 heavy (non-hydrogen) atoms. The summed E-state index contributed by atoms with van der Waals surface area (Å²) in [6.45, 7) is 5.41. The number of carbonyl (C=O) groups excluding carboxylic acids is 2. The number of piperidine rings is 1. The summed E-state index contributed by atoms with van der Waals surface area (Å²) in [7, 11) is 0. The van der Waals surface area contributed by atoms with Crippen molar-refractivity contribution in [1.82, 2.24) is 4.57 Å². The molecule has 7 heteroatoms. The van der Waals surface area contributed by atoms with Gasteiger partial charge in [0.1, 0.15) is 5.82 Å². The van der Waals surface area contributed by atoms with Gasteiger partial charge in [0.2, 0.25) is 5.91 Å². The highest BCUT2D eigenvalue weighted by Crippen LogP contribution is 2.31. The minimum absolute atomic E-state index is 0.319. The van der Waals surface area contributed by atoms with Gasteiger partial charge in [-0.15, -0.1) is 0 Å². The average molecular weight is 435 g/mol. The van der Waals surface area contributed by atoms with Crippen LogP contribution in [0.5, 0.6) is 0 Å². The van der Waals surface area contributed by atoms with Crippen LogP contribution < -0.4 is 16.0 Å². The fourth-order valence-electron chi connectivity index (χ4n) is 4.39. The first kappa shape index (κ1) is 21.6. The van der Waals surface area contributed by atoms with Crippen LogP contribution in [-0.4, -0.2) is 29.5 Å². The molecule has 0 aliphatic carbocycles. The van der Waals surface area contributed by atoms with Crippen molar-refractivity contribution in [2.75, 3.05) is 23.3 Å². The van der Waals surface area contributed by atoms with Gasteiger partial charge in [-0.25, -0.2) is 4.39 Å². The first-order chi connectivity index (χ1) is 15.4. The number of aryl methyl sites for hydroxylation is 1. The van der Waals surface area contributed by atoms with Crippen LogP contribution in [0.3, 0.4) is 0 Å². The van der Waals surface area contributed by atoms with Crippen LogP contribution in [0.1, 0.15) is 51.4 Å². The quantitative estimate of drug-likeness (QED) is 0.617. The summed E-state index contributed by atoms with van der Waals surface area (Å²) < 4.78 is 16.1. The van der Waals surface area contributed by atoms with E-state index < -0.39 is 5.91 Å². The Morgan fingerprint density at radius 3 is 2.38 bits per heavy atom. The normalized spacial score (nSPS) is 13.8. The molecule has 2 heterocycles. The van der Waals surface area contributed by atoms with E-state index in [4.69, 9.17) is 5.73 Å². The van der Waals surface area contributed by atoms with Gasteiger partial charge in [-0.3, -0.25) is 9.59 Å². The summed E-state index contributed by atoms with van der Waals surface area (Å²) >= 11 is 0. The molecule has 0 spiro atoms. The van der Waals surface area contributed by atoms with E-state index in [1.807, 2.05) is 13.0 Å². The third-order valence-corrected chi connectivity index (χ3v) is 6.00. The predicted octanol–water partition coefficient (Wildman–Crippen LogP) is 4.57. The fourth-order valence-corrected chi connectivity index (χ4v) is 4.39. The highest BCUT2D eigenvalue weighted by molar-refractivity contribution is 6.08. The number of hydrogen-bond donors (Lipinski definition) is 2. The van der Waals surface area contributed by atoms with Crippen molar-refractivity contribution >= 4 is 23.2 Å². The molecule has 6 nitrogen and oxygen atoms in total. The van der Waals surface area contributed by atoms with Gasteiger partial charge in [-0.1, -0.05) is 12.1 Å². The lowest BCUT2D eigenvalue weighted by Gasteiger charge is -2.30. The predicted molar refractivity (Wildman–Crippen MR) is 124 cm³/mol. The van der Waals surface area contributed by atoms with Crippen LogP contribution >= 0.6 is 0 Å². The van der Waals surface area contributed by atoms with Gasteiger partial charge < -0.3 is 20.5 Å². The summed E-state index contributed by atoms with van der Waals surface area (Å²) in [5.41, 5.74) is 9.44. The van der Waals surface area contributed by atoms with Crippen LogP contribution in [0.4, 0.5) is 15.8 Å². The summed E-state index contributed by atoms with van der Waals surface area (Å²) in [6.07, 6.45) is 3.34. The highest BCUT2D eigenvalue weighted by Gasteiger charge is 2.21. The monoisotopic (exact) mass is 434 g/mol. The number of nitrogens with two attached hydrogens (primary N) is 1. The molecule has 2 aromatic carbocycles. The van der Waals surface area contributed by atoms with Crippen molar-refractivity contribution in [2.24, 2.45) is 5.73 Å². The molecule has 3 aromatic rings. The molecule has 1 aliphatic rings. The van der Waals surface area contributed by atoms with Crippen molar-refractivity contribution in [3.05, 3.63) is 76.9 Å². The number of hydrogen-bond acceptors (Lipinski definition) is 3. The molecule has 0 bridgehead atoms. The van der Waals surface area contributed by atoms with Crippen molar-refractivity contribution in [2.45, 2.75) is 33.1 Å². The van der Waals surface area contributed by atoms with Gasteiger partial charge in [-0.2, -0.15) is 0 Å². The number of para-hydroxylation sites is 1. The van der Waals surface area contributed by atoms with Gasteiger partial charge in [0.25, 0.3) is 5.91 Å². The highest BCUT2D eigenvalue weighted by atomic mass is 19.1. The average Bonchev–Trinajstić information content (AvgIpc) is 3.08. The zero-order chi connectivity index (χ0) is 22.8.